The lowest BCUT2D eigenvalue weighted by Gasteiger charge is -2.30. The largest absolute Gasteiger partial charge is 0.460 e. The van der Waals surface area contributed by atoms with Crippen LogP contribution < -0.4 is 22.5 Å². The number of aliphatic hydroxyl groups excluding tert-OH is 1. The maximum Gasteiger partial charge on any atom is 0.313 e. The molecule has 0 fully saturated rings. The summed E-state index contributed by atoms with van der Waals surface area (Å²) in [7, 11) is 0. The standard InChI is InChI=1S/C29H31FN6O5/c1-3-14-16-8-23-26-17(10-36(23)28(39)18(16)12-41-29(14)40)25-21(34-27(38)20(31)11-35(32)6-7-37)5-4-15-13(2)19(30)9-22(33-26)24(15)25/h8-9,11,14,21,37H,3-7,10,12,31-32H2,1-2H3,(H,34,38)/b20-11-. The number of rotatable bonds is 6. The first-order valence-corrected chi connectivity index (χ1v) is 13.6. The lowest BCUT2D eigenvalue weighted by molar-refractivity contribution is -0.148. The molecule has 1 aliphatic carbocycles. The molecule has 12 heteroatoms. The van der Waals surface area contributed by atoms with Gasteiger partial charge in [-0.1, -0.05) is 6.92 Å². The van der Waals surface area contributed by atoms with Gasteiger partial charge in [-0.15, -0.1) is 0 Å². The highest BCUT2D eigenvalue weighted by Gasteiger charge is 2.37. The SMILES string of the molecule is CCC1C(=O)OCc2c1cc1n(c2=O)Cc2c-1nc1cc(F)c(C)c3c1c2C(NC(=O)/C(N)=C/N(N)CCO)CC3. The summed E-state index contributed by atoms with van der Waals surface area (Å²) >= 11 is 0. The van der Waals surface area contributed by atoms with Crippen molar-refractivity contribution in [1.29, 1.82) is 0 Å². The number of aliphatic hydroxyl groups is 1. The van der Waals surface area contributed by atoms with Gasteiger partial charge in [0.2, 0.25) is 0 Å². The zero-order chi connectivity index (χ0) is 29.2. The van der Waals surface area contributed by atoms with E-state index >= 15 is 4.39 Å². The Hall–Kier alpha value is -4.29. The van der Waals surface area contributed by atoms with Crippen LogP contribution in [0.3, 0.4) is 0 Å². The Bertz CT molecular complexity index is 1730. The van der Waals surface area contributed by atoms with Crippen LogP contribution in [0.2, 0.25) is 0 Å². The molecule has 0 saturated heterocycles. The number of nitrogens with one attached hydrogen (secondary N) is 1. The molecule has 6 N–H and O–H groups in total. The number of halogens is 1. The Labute approximate surface area is 234 Å². The number of ether oxygens (including phenoxy) is 1. The number of carbonyl (C=O) groups excluding carboxylic acids is 2. The number of nitrogens with zero attached hydrogens (tertiary/aromatic N) is 3. The summed E-state index contributed by atoms with van der Waals surface area (Å²) in [4.78, 5) is 44.1. The zero-order valence-corrected chi connectivity index (χ0v) is 22.8. The van der Waals surface area contributed by atoms with Crippen molar-refractivity contribution in [1.82, 2.24) is 19.9 Å². The van der Waals surface area contributed by atoms with Gasteiger partial charge in [-0.25, -0.2) is 15.2 Å². The molecular weight excluding hydrogens is 531 g/mol. The van der Waals surface area contributed by atoms with Crippen molar-refractivity contribution in [3.05, 3.63) is 73.6 Å². The number of fused-ring (bicyclic) bond motifs is 5. The molecule has 1 amide bonds. The summed E-state index contributed by atoms with van der Waals surface area (Å²) in [6.45, 7) is 3.61. The molecule has 0 radical (unpaired) electrons. The highest BCUT2D eigenvalue weighted by Crippen LogP contribution is 2.45. The van der Waals surface area contributed by atoms with Crippen LogP contribution in [0.5, 0.6) is 0 Å². The van der Waals surface area contributed by atoms with Crippen molar-refractivity contribution in [3.8, 4) is 11.4 Å². The molecule has 2 unspecified atom stereocenters. The number of hydrogen-bond donors (Lipinski definition) is 4. The van der Waals surface area contributed by atoms with Crippen LogP contribution in [0.1, 0.15) is 65.1 Å². The molecule has 4 heterocycles. The van der Waals surface area contributed by atoms with Crippen molar-refractivity contribution < 1.29 is 23.8 Å². The second-order valence-electron chi connectivity index (χ2n) is 10.7. The van der Waals surface area contributed by atoms with Gasteiger partial charge in [-0.2, -0.15) is 0 Å². The fraction of sp³-hybridized carbons (Fsp3) is 0.379. The molecule has 6 rings (SSSR count). The molecule has 3 aliphatic rings. The number of nitrogens with two attached hydrogens (primary N) is 2. The number of esters is 1. The number of aromatic nitrogens is 2. The number of cyclic esters (lactones) is 1. The van der Waals surface area contributed by atoms with Gasteiger partial charge in [0.05, 0.1) is 54.1 Å². The van der Waals surface area contributed by atoms with E-state index in [9.17, 15) is 14.4 Å². The van der Waals surface area contributed by atoms with Crippen LogP contribution in [-0.2, 0) is 33.9 Å². The molecule has 11 nitrogen and oxygen atoms in total. The minimum atomic E-state index is -0.554. The topological polar surface area (TPSA) is 166 Å². The molecule has 0 saturated carbocycles. The molecule has 0 bridgehead atoms. The second kappa shape index (κ2) is 9.96. The van der Waals surface area contributed by atoms with E-state index in [1.54, 1.807) is 11.5 Å². The van der Waals surface area contributed by atoms with Crippen LogP contribution in [0.15, 0.2) is 28.8 Å². The van der Waals surface area contributed by atoms with Crippen molar-refractivity contribution in [3.63, 3.8) is 0 Å². The van der Waals surface area contributed by atoms with E-state index in [1.165, 1.54) is 12.3 Å². The van der Waals surface area contributed by atoms with Crippen molar-refractivity contribution in [2.45, 2.75) is 58.2 Å². The van der Waals surface area contributed by atoms with Crippen molar-refractivity contribution in [2.24, 2.45) is 11.6 Å². The summed E-state index contributed by atoms with van der Waals surface area (Å²) in [6, 6.07) is 2.73. The summed E-state index contributed by atoms with van der Waals surface area (Å²) in [5.41, 5.74) is 11.1. The molecule has 41 heavy (non-hydrogen) atoms. The van der Waals surface area contributed by atoms with Crippen molar-refractivity contribution >= 4 is 22.8 Å². The van der Waals surface area contributed by atoms with E-state index < -0.39 is 17.9 Å². The first-order valence-electron chi connectivity index (χ1n) is 13.6. The number of amides is 1. The summed E-state index contributed by atoms with van der Waals surface area (Å²) in [6.07, 6.45) is 2.72. The summed E-state index contributed by atoms with van der Waals surface area (Å²) in [5, 5.41) is 14.0. The minimum Gasteiger partial charge on any atom is -0.460 e. The number of hydrazine groups is 1. The molecule has 2 aliphatic heterocycles. The first-order chi connectivity index (χ1) is 19.6. The lowest BCUT2D eigenvalue weighted by atomic mass is 9.81. The molecule has 214 valence electrons. The monoisotopic (exact) mass is 562 g/mol. The highest BCUT2D eigenvalue weighted by molar-refractivity contribution is 5.96. The van der Waals surface area contributed by atoms with Gasteiger partial charge < -0.3 is 30.5 Å². The Morgan fingerprint density at radius 1 is 1.32 bits per heavy atom. The van der Waals surface area contributed by atoms with E-state index in [0.717, 1.165) is 27.1 Å². The van der Waals surface area contributed by atoms with Gasteiger partial charge in [0.15, 0.2) is 0 Å². The predicted molar refractivity (Wildman–Crippen MR) is 148 cm³/mol. The third-order valence-corrected chi connectivity index (χ3v) is 8.43. The van der Waals surface area contributed by atoms with Gasteiger partial charge in [0.1, 0.15) is 18.1 Å². The highest BCUT2D eigenvalue weighted by atomic mass is 19.1. The molecular formula is C29H31FN6O5. The fourth-order valence-corrected chi connectivity index (χ4v) is 6.38. The summed E-state index contributed by atoms with van der Waals surface area (Å²) < 4.78 is 22.0. The third kappa shape index (κ3) is 4.16. The van der Waals surface area contributed by atoms with Crippen LogP contribution >= 0.6 is 0 Å². The molecule has 2 atom stereocenters. The zero-order valence-electron chi connectivity index (χ0n) is 22.8. The molecule has 2 aromatic heterocycles. The number of aryl methyl sites for hydroxylation is 1. The first kappa shape index (κ1) is 26.9. The molecule has 1 aromatic carbocycles. The smallest absolute Gasteiger partial charge is 0.313 e. The number of pyridine rings is 2. The van der Waals surface area contributed by atoms with Gasteiger partial charge in [0, 0.05) is 23.2 Å². The van der Waals surface area contributed by atoms with E-state index in [4.69, 9.17) is 26.4 Å². The Morgan fingerprint density at radius 2 is 2.10 bits per heavy atom. The van der Waals surface area contributed by atoms with Gasteiger partial charge in [0.25, 0.3) is 11.5 Å². The van der Waals surface area contributed by atoms with Gasteiger partial charge in [-0.3, -0.25) is 14.4 Å². The van der Waals surface area contributed by atoms with E-state index in [1.807, 2.05) is 13.0 Å². The normalized spacial score (nSPS) is 19.0. The average molecular weight is 563 g/mol. The third-order valence-electron chi connectivity index (χ3n) is 8.43. The fourth-order valence-electron chi connectivity index (χ4n) is 6.38. The van der Waals surface area contributed by atoms with E-state index in [0.29, 0.717) is 52.9 Å². The van der Waals surface area contributed by atoms with Crippen LogP contribution in [0.25, 0.3) is 22.3 Å². The summed E-state index contributed by atoms with van der Waals surface area (Å²) in [5.74, 6) is 3.92. The Morgan fingerprint density at radius 3 is 2.83 bits per heavy atom. The van der Waals surface area contributed by atoms with Gasteiger partial charge in [-0.05, 0) is 54.5 Å². The van der Waals surface area contributed by atoms with E-state index in [2.05, 4.69) is 5.32 Å². The average Bonchev–Trinajstić information content (AvgIpc) is 3.30. The molecule has 0 spiro atoms. The second-order valence-corrected chi connectivity index (χ2v) is 10.7. The van der Waals surface area contributed by atoms with Gasteiger partial charge >= 0.3 is 5.97 Å². The maximum absolute atomic E-state index is 15.1. The number of hydrogen-bond acceptors (Lipinski definition) is 9. The van der Waals surface area contributed by atoms with Crippen LogP contribution in [0.4, 0.5) is 4.39 Å². The maximum atomic E-state index is 15.1. The Kier molecular flexibility index (Phi) is 6.54. The van der Waals surface area contributed by atoms with Crippen LogP contribution in [-0.4, -0.2) is 44.7 Å². The van der Waals surface area contributed by atoms with Crippen LogP contribution in [0, 0.1) is 12.7 Å². The number of carbonyl (C=O) groups is 2. The molecule has 3 aromatic rings. The quantitative estimate of drug-likeness (QED) is 0.118. The Balaban J connectivity index is 1.53. The number of benzene rings is 1. The predicted octanol–water partition coefficient (Wildman–Crippen LogP) is 1.49. The minimum absolute atomic E-state index is 0.0876. The van der Waals surface area contributed by atoms with Crippen molar-refractivity contribution in [2.75, 3.05) is 13.2 Å². The van der Waals surface area contributed by atoms with E-state index in [-0.39, 0.29) is 49.3 Å². The lowest BCUT2D eigenvalue weighted by Crippen LogP contribution is -2.37.